The quantitative estimate of drug-likeness (QED) is 0.440. The zero-order valence-electron chi connectivity index (χ0n) is 18.4. The Morgan fingerprint density at radius 1 is 1.03 bits per heavy atom. The highest BCUT2D eigenvalue weighted by atomic mass is 32.2. The van der Waals surface area contributed by atoms with Gasteiger partial charge in [-0.15, -0.1) is 11.8 Å². The molecule has 0 aliphatic heterocycles. The second kappa shape index (κ2) is 9.89. The molecule has 0 spiro atoms. The molecule has 2 aromatic carbocycles. The maximum Gasteiger partial charge on any atom is 0.446 e. The summed E-state index contributed by atoms with van der Waals surface area (Å²) >= 11 is 1.08. The van der Waals surface area contributed by atoms with Crippen molar-refractivity contribution in [3.8, 4) is 0 Å². The topological polar surface area (TPSA) is 69.6 Å². The highest BCUT2D eigenvalue weighted by Crippen LogP contribution is 2.38. The van der Waals surface area contributed by atoms with E-state index in [1.54, 1.807) is 18.7 Å². The molecule has 0 saturated carbocycles. The van der Waals surface area contributed by atoms with Crippen LogP contribution in [0.25, 0.3) is 0 Å². The average molecular weight is 499 g/mol. The number of hydrogen-bond donors (Lipinski definition) is 2. The monoisotopic (exact) mass is 498 g/mol. The second-order valence-corrected chi connectivity index (χ2v) is 11.0. The highest BCUT2D eigenvalue weighted by Gasteiger charge is 2.32. The number of anilines is 1. The zero-order valence-corrected chi connectivity index (χ0v) is 20.0. The van der Waals surface area contributed by atoms with Crippen LogP contribution in [0.3, 0.4) is 0 Å². The number of rotatable bonds is 7. The molecular weight excluding hydrogens is 473 g/mol. The number of aliphatic carboxylic acids is 1. The van der Waals surface area contributed by atoms with Crippen LogP contribution in [0.5, 0.6) is 0 Å². The number of benzene rings is 2. The summed E-state index contributed by atoms with van der Waals surface area (Å²) in [6, 6.07) is 11.1. The predicted molar refractivity (Wildman–Crippen MR) is 125 cm³/mol. The molecule has 33 heavy (non-hydrogen) atoms. The first-order valence-electron chi connectivity index (χ1n) is 10.4. The Morgan fingerprint density at radius 2 is 1.64 bits per heavy atom. The number of nitrogens with zero attached hydrogens (tertiary/aromatic N) is 1. The molecule has 178 valence electrons. The Balaban J connectivity index is 1.65. The lowest BCUT2D eigenvalue weighted by atomic mass is 10.1. The number of carbonyl (C=O) groups excluding carboxylic acids is 1. The fourth-order valence-corrected chi connectivity index (χ4v) is 5.25. The van der Waals surface area contributed by atoms with Crippen molar-refractivity contribution < 1.29 is 27.9 Å². The first kappa shape index (κ1) is 25.3. The molecule has 0 radical (unpaired) electrons. The van der Waals surface area contributed by atoms with Gasteiger partial charge in [0.25, 0.3) is 0 Å². The van der Waals surface area contributed by atoms with Gasteiger partial charge in [0, 0.05) is 28.1 Å². The molecule has 2 amide bonds. The van der Waals surface area contributed by atoms with E-state index in [9.17, 15) is 27.9 Å². The Hall–Kier alpha value is -2.33. The molecule has 1 unspecified atom stereocenters. The number of carboxylic acid groups (broad SMARTS) is 1. The molecule has 0 saturated heterocycles. The molecule has 0 fully saturated rings. The minimum atomic E-state index is -4.36. The van der Waals surface area contributed by atoms with E-state index in [4.69, 9.17) is 0 Å². The number of urea groups is 1. The van der Waals surface area contributed by atoms with E-state index in [-0.39, 0.29) is 28.7 Å². The van der Waals surface area contributed by atoms with Crippen molar-refractivity contribution >= 4 is 41.2 Å². The van der Waals surface area contributed by atoms with Gasteiger partial charge in [0.1, 0.15) is 4.75 Å². The van der Waals surface area contributed by atoms with Gasteiger partial charge in [-0.05, 0) is 92.9 Å². The van der Waals surface area contributed by atoms with E-state index in [2.05, 4.69) is 5.32 Å². The van der Waals surface area contributed by atoms with Crippen LogP contribution in [0, 0.1) is 0 Å². The van der Waals surface area contributed by atoms with Crippen molar-refractivity contribution in [1.29, 1.82) is 0 Å². The number of halogens is 3. The van der Waals surface area contributed by atoms with Gasteiger partial charge in [-0.2, -0.15) is 13.2 Å². The molecule has 2 N–H and O–H groups in total. The van der Waals surface area contributed by atoms with Gasteiger partial charge in [-0.1, -0.05) is 6.07 Å². The average Bonchev–Trinajstić information content (AvgIpc) is 3.11. The van der Waals surface area contributed by atoms with Gasteiger partial charge in [-0.3, -0.25) is 4.79 Å². The summed E-state index contributed by atoms with van der Waals surface area (Å²) in [7, 11) is 0. The largest absolute Gasteiger partial charge is 0.480 e. The van der Waals surface area contributed by atoms with Crippen molar-refractivity contribution in [2.24, 2.45) is 0 Å². The molecule has 1 aliphatic rings. The molecule has 0 heterocycles. The van der Waals surface area contributed by atoms with Crippen LogP contribution in [0.4, 0.5) is 23.7 Å². The SMILES string of the molecule is CCN(C(=O)Nc1ccc(SC(F)(F)F)cc1)C1Cc2ccc(SC(C)(C)C(=O)O)cc2C1. The Bertz CT molecular complexity index is 1030. The molecular formula is C23H25F3N2O3S2. The lowest BCUT2D eigenvalue weighted by Gasteiger charge is -2.28. The number of nitrogens with one attached hydrogen (secondary N) is 1. The normalized spacial score (nSPS) is 15.8. The maximum atomic E-state index is 12.9. The van der Waals surface area contributed by atoms with Gasteiger partial charge in [0.15, 0.2) is 0 Å². The van der Waals surface area contributed by atoms with Gasteiger partial charge in [-0.25, -0.2) is 4.79 Å². The number of fused-ring (bicyclic) bond motifs is 1. The first-order valence-corrected chi connectivity index (χ1v) is 12.0. The van der Waals surface area contributed by atoms with Gasteiger partial charge in [0.05, 0.1) is 0 Å². The van der Waals surface area contributed by atoms with Crippen LogP contribution < -0.4 is 5.32 Å². The van der Waals surface area contributed by atoms with Crippen molar-refractivity contribution in [1.82, 2.24) is 4.90 Å². The third kappa shape index (κ3) is 6.60. The Labute approximate surface area is 199 Å². The van der Waals surface area contributed by atoms with E-state index in [1.807, 2.05) is 25.1 Å². The van der Waals surface area contributed by atoms with Crippen molar-refractivity contribution in [3.63, 3.8) is 0 Å². The second-order valence-electron chi connectivity index (χ2n) is 8.20. The van der Waals surface area contributed by atoms with Crippen LogP contribution in [0.1, 0.15) is 31.9 Å². The van der Waals surface area contributed by atoms with Crippen LogP contribution in [-0.2, 0) is 17.6 Å². The van der Waals surface area contributed by atoms with E-state index >= 15 is 0 Å². The van der Waals surface area contributed by atoms with E-state index in [1.165, 1.54) is 36.0 Å². The Kier molecular flexibility index (Phi) is 7.58. The third-order valence-electron chi connectivity index (χ3n) is 5.36. The summed E-state index contributed by atoms with van der Waals surface area (Å²) in [5, 5.41) is 12.1. The number of amides is 2. The van der Waals surface area contributed by atoms with Crippen LogP contribution in [0.2, 0.25) is 0 Å². The molecule has 1 aliphatic carbocycles. The number of carbonyl (C=O) groups is 2. The number of likely N-dealkylation sites (N-methyl/N-ethyl adjacent to an activating group) is 1. The van der Waals surface area contributed by atoms with E-state index in [0.29, 0.717) is 25.1 Å². The molecule has 0 bridgehead atoms. The van der Waals surface area contributed by atoms with Crippen molar-refractivity contribution in [3.05, 3.63) is 53.6 Å². The third-order valence-corrected chi connectivity index (χ3v) is 7.27. The summed E-state index contributed by atoms with van der Waals surface area (Å²) in [5.41, 5.74) is -1.72. The summed E-state index contributed by atoms with van der Waals surface area (Å²) < 4.78 is 36.5. The fraction of sp³-hybridized carbons (Fsp3) is 0.391. The Morgan fingerprint density at radius 3 is 2.21 bits per heavy atom. The smallest absolute Gasteiger partial charge is 0.446 e. The number of thioether (sulfide) groups is 2. The molecule has 2 aromatic rings. The first-order chi connectivity index (χ1) is 15.4. The maximum absolute atomic E-state index is 12.9. The van der Waals surface area contributed by atoms with Crippen molar-refractivity contribution in [2.75, 3.05) is 11.9 Å². The minimum absolute atomic E-state index is 0.0545. The zero-order chi connectivity index (χ0) is 24.4. The van der Waals surface area contributed by atoms with E-state index in [0.717, 1.165) is 16.0 Å². The lowest BCUT2D eigenvalue weighted by Crippen LogP contribution is -2.43. The lowest BCUT2D eigenvalue weighted by molar-refractivity contribution is -0.138. The van der Waals surface area contributed by atoms with E-state index < -0.39 is 16.2 Å². The molecule has 3 rings (SSSR count). The fourth-order valence-electron chi connectivity index (χ4n) is 3.70. The summed E-state index contributed by atoms with van der Waals surface area (Å²) in [6.07, 6.45) is 1.34. The standard InChI is InChI=1S/C23H25F3N2O3S2/c1-4-28(21(31)27-16-6-9-18(10-7-16)33-23(24,25)26)17-11-14-5-8-19(13-15(14)12-17)32-22(2,3)20(29)30/h5-10,13,17H,4,11-12H2,1-3H3,(H,27,31)(H,29,30). The summed E-state index contributed by atoms with van der Waals surface area (Å²) in [4.78, 5) is 26.9. The van der Waals surface area contributed by atoms with Gasteiger partial charge >= 0.3 is 17.5 Å². The molecule has 10 heteroatoms. The molecule has 5 nitrogen and oxygen atoms in total. The molecule has 1 atom stereocenters. The van der Waals surface area contributed by atoms with Crippen LogP contribution >= 0.6 is 23.5 Å². The predicted octanol–water partition coefficient (Wildman–Crippen LogP) is 6.28. The highest BCUT2D eigenvalue weighted by molar-refractivity contribution is 8.01. The van der Waals surface area contributed by atoms with Crippen LogP contribution in [0.15, 0.2) is 52.3 Å². The number of carboxylic acids is 1. The minimum Gasteiger partial charge on any atom is -0.480 e. The summed E-state index contributed by atoms with van der Waals surface area (Å²) in [6.45, 7) is 5.67. The van der Waals surface area contributed by atoms with Crippen LogP contribution in [-0.4, -0.2) is 44.8 Å². The summed E-state index contributed by atoms with van der Waals surface area (Å²) in [5.74, 6) is -0.885. The number of hydrogen-bond acceptors (Lipinski definition) is 4. The van der Waals surface area contributed by atoms with Crippen molar-refractivity contribution in [2.45, 2.75) is 59.7 Å². The van der Waals surface area contributed by atoms with Gasteiger partial charge < -0.3 is 15.3 Å². The number of alkyl halides is 3. The van der Waals surface area contributed by atoms with Gasteiger partial charge in [0.2, 0.25) is 0 Å². The molecule has 0 aromatic heterocycles.